The Labute approximate surface area is 168 Å². The summed E-state index contributed by atoms with van der Waals surface area (Å²) in [7, 11) is 4.61. The van der Waals surface area contributed by atoms with Gasteiger partial charge in [0, 0.05) is 5.56 Å². The second-order valence-corrected chi connectivity index (χ2v) is 7.43. The van der Waals surface area contributed by atoms with Gasteiger partial charge < -0.3 is 19.5 Å². The first-order chi connectivity index (χ1) is 13.3. The van der Waals surface area contributed by atoms with E-state index in [1.165, 1.54) is 26.9 Å². The Kier molecular flexibility index (Phi) is 7.32. The van der Waals surface area contributed by atoms with Gasteiger partial charge in [0.15, 0.2) is 11.5 Å². The Morgan fingerprint density at radius 3 is 1.71 bits per heavy atom. The van der Waals surface area contributed by atoms with Gasteiger partial charge in [-0.3, -0.25) is 4.79 Å². The minimum absolute atomic E-state index is 0.104. The Bertz CT molecular complexity index is 772. The van der Waals surface area contributed by atoms with E-state index in [2.05, 4.69) is 57.3 Å². The maximum Gasteiger partial charge on any atom is 0.252 e. The summed E-state index contributed by atoms with van der Waals surface area (Å²) >= 11 is 0. The maximum atomic E-state index is 13.0. The van der Waals surface area contributed by atoms with Gasteiger partial charge in [-0.2, -0.15) is 0 Å². The fraction of sp³-hybridized carbons (Fsp3) is 0.435. The SMILES string of the molecule is COc1cc(C(=O)N[C@H](c2ccc(C(C)C)cc2)C(C)C)cc(OC)c1OC. The summed E-state index contributed by atoms with van der Waals surface area (Å²) in [5.74, 6) is 1.89. The minimum atomic E-state index is -0.189. The number of amides is 1. The molecule has 1 atom stereocenters. The normalized spacial score (nSPS) is 12.0. The molecular weight excluding hydrogens is 354 g/mol. The Balaban J connectivity index is 2.32. The van der Waals surface area contributed by atoms with Crippen LogP contribution in [0.3, 0.4) is 0 Å². The molecule has 0 radical (unpaired) electrons. The molecule has 0 saturated carbocycles. The molecule has 0 fully saturated rings. The summed E-state index contributed by atoms with van der Waals surface area (Å²) in [5, 5.41) is 3.15. The summed E-state index contributed by atoms with van der Waals surface area (Å²) in [4.78, 5) is 13.0. The number of nitrogens with one attached hydrogen (secondary N) is 1. The molecular formula is C23H31NO4. The number of ether oxygens (including phenoxy) is 3. The number of rotatable bonds is 8. The Morgan fingerprint density at radius 2 is 1.32 bits per heavy atom. The third kappa shape index (κ3) is 4.77. The molecule has 152 valence electrons. The topological polar surface area (TPSA) is 56.8 Å². The lowest BCUT2D eigenvalue weighted by atomic mass is 9.93. The zero-order valence-electron chi connectivity index (χ0n) is 17.8. The molecule has 0 heterocycles. The lowest BCUT2D eigenvalue weighted by Gasteiger charge is -2.24. The summed E-state index contributed by atoms with van der Waals surface area (Å²) in [6, 6.07) is 11.7. The number of carbonyl (C=O) groups is 1. The monoisotopic (exact) mass is 385 g/mol. The van der Waals surface area contributed by atoms with Crippen molar-refractivity contribution in [1.82, 2.24) is 5.32 Å². The molecule has 0 saturated heterocycles. The molecule has 2 rings (SSSR count). The second kappa shape index (κ2) is 9.49. The zero-order chi connectivity index (χ0) is 20.8. The third-order valence-electron chi connectivity index (χ3n) is 4.84. The lowest BCUT2D eigenvalue weighted by Crippen LogP contribution is -2.31. The van der Waals surface area contributed by atoms with E-state index in [0.717, 1.165) is 5.56 Å². The van der Waals surface area contributed by atoms with Crippen molar-refractivity contribution in [3.8, 4) is 17.2 Å². The largest absolute Gasteiger partial charge is 0.493 e. The molecule has 5 heteroatoms. The van der Waals surface area contributed by atoms with Crippen molar-refractivity contribution >= 4 is 5.91 Å². The molecule has 2 aromatic rings. The molecule has 0 aliphatic rings. The maximum absolute atomic E-state index is 13.0. The van der Waals surface area contributed by atoms with Crippen molar-refractivity contribution in [3.05, 3.63) is 53.1 Å². The van der Waals surface area contributed by atoms with Crippen LogP contribution in [-0.2, 0) is 0 Å². The van der Waals surface area contributed by atoms with Gasteiger partial charge in [-0.05, 0) is 35.1 Å². The van der Waals surface area contributed by atoms with Crippen molar-refractivity contribution < 1.29 is 19.0 Å². The van der Waals surface area contributed by atoms with Crippen molar-refractivity contribution in [1.29, 1.82) is 0 Å². The van der Waals surface area contributed by atoms with Crippen LogP contribution in [0.4, 0.5) is 0 Å². The summed E-state index contributed by atoms with van der Waals surface area (Å²) in [6.07, 6.45) is 0. The molecule has 1 N–H and O–H groups in total. The Hall–Kier alpha value is -2.69. The van der Waals surface area contributed by atoms with E-state index < -0.39 is 0 Å². The quantitative estimate of drug-likeness (QED) is 0.697. The molecule has 1 amide bonds. The van der Waals surface area contributed by atoms with Crippen molar-refractivity contribution in [3.63, 3.8) is 0 Å². The van der Waals surface area contributed by atoms with Gasteiger partial charge in [0.1, 0.15) is 0 Å². The molecule has 0 bridgehead atoms. The van der Waals surface area contributed by atoms with Crippen LogP contribution in [0.2, 0.25) is 0 Å². The predicted octanol–water partition coefficient (Wildman–Crippen LogP) is 4.96. The van der Waals surface area contributed by atoms with E-state index in [-0.39, 0.29) is 17.9 Å². The van der Waals surface area contributed by atoms with Gasteiger partial charge in [-0.15, -0.1) is 0 Å². The molecule has 5 nitrogen and oxygen atoms in total. The highest BCUT2D eigenvalue weighted by Gasteiger charge is 2.22. The van der Waals surface area contributed by atoms with Crippen LogP contribution in [0, 0.1) is 5.92 Å². The van der Waals surface area contributed by atoms with Crippen molar-refractivity contribution in [2.45, 2.75) is 39.7 Å². The predicted molar refractivity (Wildman–Crippen MR) is 112 cm³/mol. The average Bonchev–Trinajstić information content (AvgIpc) is 2.70. The summed E-state index contributed by atoms with van der Waals surface area (Å²) in [6.45, 7) is 8.52. The summed E-state index contributed by atoms with van der Waals surface area (Å²) < 4.78 is 16.0. The van der Waals surface area contributed by atoms with Crippen LogP contribution in [0.15, 0.2) is 36.4 Å². The van der Waals surface area contributed by atoms with E-state index >= 15 is 0 Å². The highest BCUT2D eigenvalue weighted by molar-refractivity contribution is 5.96. The van der Waals surface area contributed by atoms with Gasteiger partial charge in [-0.1, -0.05) is 52.0 Å². The molecule has 2 aromatic carbocycles. The fourth-order valence-corrected chi connectivity index (χ4v) is 3.16. The highest BCUT2D eigenvalue weighted by atomic mass is 16.5. The van der Waals surface area contributed by atoms with E-state index in [9.17, 15) is 4.79 Å². The summed E-state index contributed by atoms with van der Waals surface area (Å²) in [5.41, 5.74) is 2.82. The van der Waals surface area contributed by atoms with E-state index in [1.807, 2.05) is 0 Å². The molecule has 28 heavy (non-hydrogen) atoms. The number of benzene rings is 2. The van der Waals surface area contributed by atoms with Gasteiger partial charge in [-0.25, -0.2) is 0 Å². The number of carbonyl (C=O) groups excluding carboxylic acids is 1. The van der Waals surface area contributed by atoms with Gasteiger partial charge in [0.2, 0.25) is 5.75 Å². The van der Waals surface area contributed by atoms with Gasteiger partial charge >= 0.3 is 0 Å². The van der Waals surface area contributed by atoms with E-state index in [4.69, 9.17) is 14.2 Å². The van der Waals surface area contributed by atoms with Crippen LogP contribution >= 0.6 is 0 Å². The van der Waals surface area contributed by atoms with E-state index in [0.29, 0.717) is 28.7 Å². The van der Waals surface area contributed by atoms with Crippen LogP contribution in [0.5, 0.6) is 17.2 Å². The lowest BCUT2D eigenvalue weighted by molar-refractivity contribution is 0.0924. The molecule has 0 aliphatic carbocycles. The smallest absolute Gasteiger partial charge is 0.252 e. The first kappa shape index (κ1) is 21.6. The van der Waals surface area contributed by atoms with Crippen molar-refractivity contribution in [2.75, 3.05) is 21.3 Å². The number of hydrogen-bond acceptors (Lipinski definition) is 4. The molecule has 0 unspecified atom stereocenters. The first-order valence-electron chi connectivity index (χ1n) is 9.53. The van der Waals surface area contributed by atoms with Gasteiger partial charge in [0.05, 0.1) is 27.4 Å². The molecule has 0 spiro atoms. The Morgan fingerprint density at radius 1 is 0.821 bits per heavy atom. The highest BCUT2D eigenvalue weighted by Crippen LogP contribution is 2.38. The van der Waals surface area contributed by atoms with E-state index in [1.54, 1.807) is 12.1 Å². The zero-order valence-corrected chi connectivity index (χ0v) is 17.8. The number of methoxy groups -OCH3 is 3. The van der Waals surface area contributed by atoms with Crippen LogP contribution < -0.4 is 19.5 Å². The van der Waals surface area contributed by atoms with Gasteiger partial charge in [0.25, 0.3) is 5.91 Å². The first-order valence-corrected chi connectivity index (χ1v) is 9.53. The minimum Gasteiger partial charge on any atom is -0.493 e. The second-order valence-electron chi connectivity index (χ2n) is 7.43. The molecule has 0 aliphatic heterocycles. The number of hydrogen-bond donors (Lipinski definition) is 1. The molecule has 0 aromatic heterocycles. The van der Waals surface area contributed by atoms with Crippen LogP contribution in [0.25, 0.3) is 0 Å². The fourth-order valence-electron chi connectivity index (χ4n) is 3.16. The standard InChI is InChI=1S/C23H31NO4/c1-14(2)16-8-10-17(11-9-16)21(15(3)4)24-23(25)18-12-19(26-5)22(28-7)20(13-18)27-6/h8-15,21H,1-7H3,(H,24,25)/t21-/m0/s1. The third-order valence-corrected chi connectivity index (χ3v) is 4.84. The van der Waals surface area contributed by atoms with Crippen LogP contribution in [0.1, 0.15) is 61.1 Å². The van der Waals surface area contributed by atoms with Crippen molar-refractivity contribution in [2.24, 2.45) is 5.92 Å². The van der Waals surface area contributed by atoms with Crippen LogP contribution in [-0.4, -0.2) is 27.2 Å². The average molecular weight is 386 g/mol.